The monoisotopic (exact) mass is 302 g/mol. The Balaban J connectivity index is 1.84. The number of para-hydroxylation sites is 1. The van der Waals surface area contributed by atoms with E-state index in [-0.39, 0.29) is 6.04 Å². The van der Waals surface area contributed by atoms with E-state index in [0.717, 1.165) is 23.6 Å². The summed E-state index contributed by atoms with van der Waals surface area (Å²) < 4.78 is 7.03. The van der Waals surface area contributed by atoms with Crippen LogP contribution in [-0.4, -0.2) is 20.8 Å². The zero-order chi connectivity index (χ0) is 14.7. The molecule has 2 aromatic heterocycles. The minimum atomic E-state index is 0.192. The summed E-state index contributed by atoms with van der Waals surface area (Å²) in [5, 5.41) is 8.22. The third-order valence-electron chi connectivity index (χ3n) is 3.12. The van der Waals surface area contributed by atoms with Crippen LogP contribution in [0.25, 0.3) is 5.69 Å². The summed E-state index contributed by atoms with van der Waals surface area (Å²) in [5.74, 6) is 0.944. The van der Waals surface area contributed by atoms with Crippen molar-refractivity contribution >= 4 is 17.3 Å². The smallest absolute Gasteiger partial charge is 0.138 e. The van der Waals surface area contributed by atoms with Crippen LogP contribution in [0.5, 0.6) is 0 Å². The Morgan fingerprint density at radius 1 is 1.33 bits per heavy atom. The number of rotatable bonds is 5. The lowest BCUT2D eigenvalue weighted by Crippen LogP contribution is -2.19. The van der Waals surface area contributed by atoms with Crippen molar-refractivity contribution in [3.05, 3.63) is 60.0 Å². The number of nitrogens with one attached hydrogen (secondary N) is 1. The van der Waals surface area contributed by atoms with Crippen molar-refractivity contribution in [1.82, 2.24) is 14.8 Å². The molecular weight excluding hydrogens is 288 g/mol. The van der Waals surface area contributed by atoms with Gasteiger partial charge in [0.1, 0.15) is 24.1 Å². The lowest BCUT2D eigenvalue weighted by molar-refractivity contribution is 0.497. The van der Waals surface area contributed by atoms with E-state index < -0.39 is 0 Å². The van der Waals surface area contributed by atoms with Crippen molar-refractivity contribution in [2.45, 2.75) is 19.4 Å². The first kappa shape index (κ1) is 13.7. The standard InChI is InChI=1S/C15H15ClN4O/c1-11(8-12-4-3-7-21-12)19-14-6-2-5-13(16)15(14)20-10-17-9-18-20/h2-7,9-11,19H,8H2,1H3. The van der Waals surface area contributed by atoms with Gasteiger partial charge in [-0.2, -0.15) is 5.10 Å². The van der Waals surface area contributed by atoms with Crippen LogP contribution in [0, 0.1) is 0 Å². The fourth-order valence-corrected chi connectivity index (χ4v) is 2.50. The number of benzene rings is 1. The van der Waals surface area contributed by atoms with E-state index >= 15 is 0 Å². The molecule has 0 bridgehead atoms. The third-order valence-corrected chi connectivity index (χ3v) is 3.43. The Morgan fingerprint density at radius 2 is 2.24 bits per heavy atom. The maximum atomic E-state index is 6.30. The van der Waals surface area contributed by atoms with E-state index in [2.05, 4.69) is 22.3 Å². The molecule has 0 saturated carbocycles. The SMILES string of the molecule is CC(Cc1ccco1)Nc1cccc(Cl)c1-n1cncn1. The summed E-state index contributed by atoms with van der Waals surface area (Å²) in [7, 11) is 0. The molecule has 0 spiro atoms. The normalized spacial score (nSPS) is 12.3. The first-order chi connectivity index (χ1) is 10.2. The molecule has 3 rings (SSSR count). The highest BCUT2D eigenvalue weighted by molar-refractivity contribution is 6.33. The van der Waals surface area contributed by atoms with Crippen molar-refractivity contribution < 1.29 is 4.42 Å². The molecule has 1 N–H and O–H groups in total. The predicted octanol–water partition coefficient (Wildman–Crippen LogP) is 3.56. The van der Waals surface area contributed by atoms with Crippen LogP contribution in [0.4, 0.5) is 5.69 Å². The molecule has 0 aliphatic rings. The zero-order valence-electron chi connectivity index (χ0n) is 11.5. The van der Waals surface area contributed by atoms with Gasteiger partial charge in [0.2, 0.25) is 0 Å². The van der Waals surface area contributed by atoms with Crippen molar-refractivity contribution in [3.63, 3.8) is 0 Å². The minimum Gasteiger partial charge on any atom is -0.469 e. The molecular formula is C15H15ClN4O. The fourth-order valence-electron chi connectivity index (χ4n) is 2.24. The number of furan rings is 1. The summed E-state index contributed by atoms with van der Waals surface area (Å²) in [6.45, 7) is 2.09. The van der Waals surface area contributed by atoms with Gasteiger partial charge in [0.25, 0.3) is 0 Å². The van der Waals surface area contributed by atoms with E-state index in [1.165, 1.54) is 6.33 Å². The maximum Gasteiger partial charge on any atom is 0.138 e. The van der Waals surface area contributed by atoms with Crippen molar-refractivity contribution in [2.75, 3.05) is 5.32 Å². The molecule has 1 atom stereocenters. The third kappa shape index (κ3) is 3.08. The summed E-state index contributed by atoms with van der Waals surface area (Å²) in [6.07, 6.45) is 5.58. The van der Waals surface area contributed by atoms with Gasteiger partial charge in [-0.15, -0.1) is 0 Å². The number of halogens is 1. The Labute approximate surface area is 127 Å². The first-order valence-corrected chi connectivity index (χ1v) is 7.04. The second-order valence-corrected chi connectivity index (χ2v) is 5.21. The topological polar surface area (TPSA) is 55.9 Å². The fraction of sp³-hybridized carbons (Fsp3) is 0.200. The highest BCUT2D eigenvalue weighted by atomic mass is 35.5. The molecule has 5 nitrogen and oxygen atoms in total. The predicted molar refractivity (Wildman–Crippen MR) is 81.9 cm³/mol. The average Bonchev–Trinajstić information content (AvgIpc) is 3.11. The molecule has 1 aromatic carbocycles. The van der Waals surface area contributed by atoms with E-state index in [9.17, 15) is 0 Å². The van der Waals surface area contributed by atoms with Gasteiger partial charge in [-0.3, -0.25) is 0 Å². The molecule has 21 heavy (non-hydrogen) atoms. The van der Waals surface area contributed by atoms with E-state index in [1.54, 1.807) is 17.3 Å². The van der Waals surface area contributed by atoms with E-state index in [0.29, 0.717) is 5.02 Å². The van der Waals surface area contributed by atoms with Gasteiger partial charge < -0.3 is 9.73 Å². The van der Waals surface area contributed by atoms with Gasteiger partial charge in [0.05, 0.1) is 17.0 Å². The first-order valence-electron chi connectivity index (χ1n) is 6.66. The van der Waals surface area contributed by atoms with Gasteiger partial charge in [0, 0.05) is 12.5 Å². The van der Waals surface area contributed by atoms with Crippen molar-refractivity contribution in [1.29, 1.82) is 0 Å². The molecule has 0 aliphatic heterocycles. The molecule has 1 unspecified atom stereocenters. The van der Waals surface area contributed by atoms with Crippen LogP contribution in [0.15, 0.2) is 53.7 Å². The van der Waals surface area contributed by atoms with Gasteiger partial charge in [0.15, 0.2) is 0 Å². The molecule has 0 saturated heterocycles. The Hall–Kier alpha value is -2.27. The highest BCUT2D eigenvalue weighted by Gasteiger charge is 2.13. The van der Waals surface area contributed by atoms with E-state index in [1.807, 2.05) is 30.3 Å². The van der Waals surface area contributed by atoms with E-state index in [4.69, 9.17) is 16.0 Å². The summed E-state index contributed by atoms with van der Waals surface area (Å²) in [5.41, 5.74) is 1.70. The second kappa shape index (κ2) is 6.01. The summed E-state index contributed by atoms with van der Waals surface area (Å²) in [4.78, 5) is 3.97. The maximum absolute atomic E-state index is 6.30. The summed E-state index contributed by atoms with van der Waals surface area (Å²) >= 11 is 6.30. The molecule has 0 amide bonds. The number of anilines is 1. The van der Waals surface area contributed by atoms with Crippen LogP contribution in [0.3, 0.4) is 0 Å². The largest absolute Gasteiger partial charge is 0.469 e. The molecule has 3 aromatic rings. The van der Waals surface area contributed by atoms with Gasteiger partial charge >= 0.3 is 0 Å². The number of nitrogens with zero attached hydrogens (tertiary/aromatic N) is 3. The average molecular weight is 303 g/mol. The molecule has 0 radical (unpaired) electrons. The quantitative estimate of drug-likeness (QED) is 0.783. The highest BCUT2D eigenvalue weighted by Crippen LogP contribution is 2.28. The van der Waals surface area contributed by atoms with Crippen LogP contribution in [0.1, 0.15) is 12.7 Å². The van der Waals surface area contributed by atoms with Crippen LogP contribution in [-0.2, 0) is 6.42 Å². The Kier molecular flexibility index (Phi) is 3.92. The molecule has 2 heterocycles. The van der Waals surface area contributed by atoms with Crippen molar-refractivity contribution in [2.24, 2.45) is 0 Å². The lowest BCUT2D eigenvalue weighted by atomic mass is 10.1. The van der Waals surface area contributed by atoms with Gasteiger partial charge in [-0.25, -0.2) is 9.67 Å². The molecule has 6 heteroatoms. The zero-order valence-corrected chi connectivity index (χ0v) is 12.3. The van der Waals surface area contributed by atoms with Crippen molar-refractivity contribution in [3.8, 4) is 5.69 Å². The number of hydrogen-bond acceptors (Lipinski definition) is 4. The van der Waals surface area contributed by atoms with Crippen LogP contribution >= 0.6 is 11.6 Å². The van der Waals surface area contributed by atoms with Crippen LogP contribution < -0.4 is 5.32 Å². The second-order valence-electron chi connectivity index (χ2n) is 4.80. The minimum absolute atomic E-state index is 0.192. The van der Waals surface area contributed by atoms with Gasteiger partial charge in [-0.05, 0) is 31.2 Å². The molecule has 108 valence electrons. The summed E-state index contributed by atoms with van der Waals surface area (Å²) in [6, 6.07) is 9.76. The van der Waals surface area contributed by atoms with Gasteiger partial charge in [-0.1, -0.05) is 17.7 Å². The Bertz CT molecular complexity index is 695. The number of hydrogen-bond donors (Lipinski definition) is 1. The Morgan fingerprint density at radius 3 is 2.95 bits per heavy atom. The molecule has 0 aliphatic carbocycles. The number of aromatic nitrogens is 3. The lowest BCUT2D eigenvalue weighted by Gasteiger charge is -2.18. The molecule has 0 fully saturated rings. The van der Waals surface area contributed by atoms with Crippen LogP contribution in [0.2, 0.25) is 5.02 Å².